The molecule has 20 heavy (non-hydrogen) atoms. The van der Waals surface area contributed by atoms with Gasteiger partial charge in [-0.3, -0.25) is 16.3 Å². The fourth-order valence-corrected chi connectivity index (χ4v) is 3.24. The summed E-state index contributed by atoms with van der Waals surface area (Å²) in [7, 11) is 0. The van der Waals surface area contributed by atoms with Crippen LogP contribution in [0, 0.1) is 6.92 Å². The van der Waals surface area contributed by atoms with E-state index in [0.29, 0.717) is 0 Å². The average Bonchev–Trinajstić information content (AvgIpc) is 2.87. The van der Waals surface area contributed by atoms with Crippen LogP contribution in [0.5, 0.6) is 0 Å². The number of benzene rings is 1. The number of rotatable bonds is 4. The molecule has 0 saturated heterocycles. The van der Waals surface area contributed by atoms with E-state index in [-0.39, 0.29) is 6.04 Å². The molecule has 1 unspecified atom stereocenters. The normalized spacial score (nSPS) is 12.7. The molecule has 0 fully saturated rings. The second-order valence-corrected chi connectivity index (χ2v) is 5.91. The Balaban J connectivity index is 1.87. The van der Waals surface area contributed by atoms with E-state index in [1.165, 1.54) is 4.70 Å². The molecule has 1 aromatic carbocycles. The molecule has 0 aliphatic rings. The summed E-state index contributed by atoms with van der Waals surface area (Å²) >= 11 is 1.71. The molecule has 2 heterocycles. The number of aromatic nitrogens is 2. The summed E-state index contributed by atoms with van der Waals surface area (Å²) in [6.07, 6.45) is 4.46. The minimum Gasteiger partial charge on any atom is -0.271 e. The molecule has 0 radical (unpaired) electrons. The van der Waals surface area contributed by atoms with Crippen LogP contribution in [-0.4, -0.2) is 9.97 Å². The van der Waals surface area contributed by atoms with Crippen LogP contribution in [0.3, 0.4) is 0 Å². The highest BCUT2D eigenvalue weighted by Gasteiger charge is 2.14. The monoisotopic (exact) mass is 284 g/mol. The first kappa shape index (κ1) is 13.2. The van der Waals surface area contributed by atoms with Gasteiger partial charge in [0.05, 0.1) is 21.3 Å². The Morgan fingerprint density at radius 1 is 1.30 bits per heavy atom. The molecule has 0 bridgehead atoms. The fourth-order valence-electron chi connectivity index (χ4n) is 2.22. The van der Waals surface area contributed by atoms with Gasteiger partial charge in [0.2, 0.25) is 0 Å². The third-order valence-electron chi connectivity index (χ3n) is 3.22. The van der Waals surface area contributed by atoms with Gasteiger partial charge < -0.3 is 0 Å². The number of hydrogen-bond acceptors (Lipinski definition) is 5. The number of nitrogens with two attached hydrogens (primary N) is 1. The van der Waals surface area contributed by atoms with Crippen molar-refractivity contribution in [2.75, 3.05) is 0 Å². The number of nitrogens with zero attached hydrogens (tertiary/aromatic N) is 2. The van der Waals surface area contributed by atoms with Crippen molar-refractivity contribution in [2.45, 2.75) is 19.4 Å². The Labute approximate surface area is 121 Å². The number of pyridine rings is 1. The first-order valence-electron chi connectivity index (χ1n) is 6.48. The lowest BCUT2D eigenvalue weighted by atomic mass is 10.1. The first-order chi connectivity index (χ1) is 9.76. The second-order valence-electron chi connectivity index (χ2n) is 4.79. The molecule has 0 aliphatic heterocycles. The van der Waals surface area contributed by atoms with Crippen LogP contribution in [0.25, 0.3) is 10.2 Å². The largest absolute Gasteiger partial charge is 0.271 e. The van der Waals surface area contributed by atoms with Crippen molar-refractivity contribution < 1.29 is 0 Å². The highest BCUT2D eigenvalue weighted by molar-refractivity contribution is 7.18. The van der Waals surface area contributed by atoms with Gasteiger partial charge in [0.15, 0.2) is 0 Å². The molecule has 3 rings (SSSR count). The third-order valence-corrected chi connectivity index (χ3v) is 4.28. The van der Waals surface area contributed by atoms with Gasteiger partial charge in [0.1, 0.15) is 0 Å². The van der Waals surface area contributed by atoms with E-state index in [4.69, 9.17) is 5.84 Å². The van der Waals surface area contributed by atoms with Gasteiger partial charge in [0, 0.05) is 18.8 Å². The molecule has 4 nitrogen and oxygen atoms in total. The Morgan fingerprint density at radius 2 is 2.15 bits per heavy atom. The number of aryl methyl sites for hydroxylation is 1. The summed E-state index contributed by atoms with van der Waals surface area (Å²) in [4.78, 5) is 8.88. The zero-order chi connectivity index (χ0) is 13.9. The van der Waals surface area contributed by atoms with Crippen LogP contribution in [0.2, 0.25) is 0 Å². The zero-order valence-corrected chi connectivity index (χ0v) is 12.0. The van der Waals surface area contributed by atoms with Gasteiger partial charge in [-0.2, -0.15) is 0 Å². The van der Waals surface area contributed by atoms with E-state index in [2.05, 4.69) is 27.5 Å². The summed E-state index contributed by atoms with van der Waals surface area (Å²) in [6, 6.07) is 10.3. The highest BCUT2D eigenvalue weighted by Crippen LogP contribution is 2.25. The molecule has 0 spiro atoms. The molecule has 5 heteroatoms. The van der Waals surface area contributed by atoms with Gasteiger partial charge >= 0.3 is 0 Å². The SMILES string of the molecule is Cc1cncc(C(Cc2nc3ccccc3s2)NN)c1. The number of para-hydroxylation sites is 1. The Kier molecular flexibility index (Phi) is 3.73. The fraction of sp³-hybridized carbons (Fsp3) is 0.200. The van der Waals surface area contributed by atoms with Crippen LogP contribution in [0.1, 0.15) is 22.2 Å². The zero-order valence-electron chi connectivity index (χ0n) is 11.2. The third kappa shape index (κ3) is 2.70. The Bertz CT molecular complexity index is 689. The molecule has 3 N–H and O–H groups in total. The molecule has 0 aliphatic carbocycles. The summed E-state index contributed by atoms with van der Waals surface area (Å²) < 4.78 is 1.21. The van der Waals surface area contributed by atoms with Crippen LogP contribution in [0.4, 0.5) is 0 Å². The summed E-state index contributed by atoms with van der Waals surface area (Å²) in [5.41, 5.74) is 6.13. The second kappa shape index (κ2) is 5.66. The van der Waals surface area contributed by atoms with E-state index < -0.39 is 0 Å². The minimum absolute atomic E-state index is 0.0305. The summed E-state index contributed by atoms with van der Waals surface area (Å²) in [6.45, 7) is 2.03. The van der Waals surface area contributed by atoms with E-state index in [1.807, 2.05) is 37.5 Å². The number of fused-ring (bicyclic) bond motifs is 1. The van der Waals surface area contributed by atoms with Crippen molar-refractivity contribution >= 4 is 21.6 Å². The molecule has 3 aromatic rings. The van der Waals surface area contributed by atoms with Crippen molar-refractivity contribution in [1.82, 2.24) is 15.4 Å². The predicted molar refractivity (Wildman–Crippen MR) is 82.4 cm³/mol. The molecule has 2 aromatic heterocycles. The van der Waals surface area contributed by atoms with Crippen molar-refractivity contribution in [3.63, 3.8) is 0 Å². The van der Waals surface area contributed by atoms with Crippen molar-refractivity contribution in [1.29, 1.82) is 0 Å². The average molecular weight is 284 g/mol. The summed E-state index contributed by atoms with van der Waals surface area (Å²) in [5.74, 6) is 5.70. The molecule has 0 saturated carbocycles. The van der Waals surface area contributed by atoms with Gasteiger partial charge in [-0.05, 0) is 30.2 Å². The van der Waals surface area contributed by atoms with E-state index in [9.17, 15) is 0 Å². The number of nitrogens with one attached hydrogen (secondary N) is 1. The molecular formula is C15H16N4S. The number of hydrazine groups is 1. The van der Waals surface area contributed by atoms with Gasteiger partial charge in [-0.15, -0.1) is 11.3 Å². The molecule has 1 atom stereocenters. The molecular weight excluding hydrogens is 268 g/mol. The first-order valence-corrected chi connectivity index (χ1v) is 7.30. The van der Waals surface area contributed by atoms with Crippen molar-refractivity contribution in [3.8, 4) is 0 Å². The van der Waals surface area contributed by atoms with Crippen LogP contribution in [0.15, 0.2) is 42.7 Å². The maximum atomic E-state index is 5.70. The van der Waals surface area contributed by atoms with Crippen LogP contribution in [-0.2, 0) is 6.42 Å². The van der Waals surface area contributed by atoms with Gasteiger partial charge in [-0.25, -0.2) is 4.98 Å². The standard InChI is InChI=1S/C15H16N4S/c1-10-6-11(9-17-8-10)13(19-16)7-15-18-12-4-2-3-5-14(12)20-15/h2-6,8-9,13,19H,7,16H2,1H3. The quantitative estimate of drug-likeness (QED) is 0.571. The molecule has 0 amide bonds. The lowest BCUT2D eigenvalue weighted by Crippen LogP contribution is -2.29. The predicted octanol–water partition coefficient (Wildman–Crippen LogP) is 2.75. The van der Waals surface area contributed by atoms with E-state index >= 15 is 0 Å². The van der Waals surface area contributed by atoms with E-state index in [0.717, 1.165) is 28.1 Å². The Hall–Kier alpha value is -1.82. The highest BCUT2D eigenvalue weighted by atomic mass is 32.1. The minimum atomic E-state index is 0.0305. The lowest BCUT2D eigenvalue weighted by Gasteiger charge is -2.14. The molecule has 102 valence electrons. The van der Waals surface area contributed by atoms with E-state index in [1.54, 1.807) is 11.3 Å². The van der Waals surface area contributed by atoms with Crippen LogP contribution >= 0.6 is 11.3 Å². The maximum Gasteiger partial charge on any atom is 0.0958 e. The van der Waals surface area contributed by atoms with Crippen molar-refractivity contribution in [2.24, 2.45) is 5.84 Å². The topological polar surface area (TPSA) is 63.8 Å². The van der Waals surface area contributed by atoms with Crippen LogP contribution < -0.4 is 11.3 Å². The van der Waals surface area contributed by atoms with Gasteiger partial charge in [0.25, 0.3) is 0 Å². The van der Waals surface area contributed by atoms with Crippen molar-refractivity contribution in [3.05, 3.63) is 58.9 Å². The number of thiazole rings is 1. The maximum absolute atomic E-state index is 5.70. The smallest absolute Gasteiger partial charge is 0.0958 e. The number of hydrogen-bond donors (Lipinski definition) is 2. The summed E-state index contributed by atoms with van der Waals surface area (Å²) in [5, 5.41) is 1.08. The lowest BCUT2D eigenvalue weighted by molar-refractivity contribution is 0.549. The van der Waals surface area contributed by atoms with Gasteiger partial charge in [-0.1, -0.05) is 18.2 Å². The Morgan fingerprint density at radius 3 is 2.90 bits per heavy atom.